The molecule has 0 aliphatic heterocycles. The fourth-order valence-electron chi connectivity index (χ4n) is 1.98. The lowest BCUT2D eigenvalue weighted by Crippen LogP contribution is -2.47. The highest BCUT2D eigenvalue weighted by Crippen LogP contribution is 2.25. The van der Waals surface area contributed by atoms with Gasteiger partial charge in [0.05, 0.1) is 7.11 Å². The van der Waals surface area contributed by atoms with Crippen molar-refractivity contribution >= 4 is 0 Å². The summed E-state index contributed by atoms with van der Waals surface area (Å²) < 4.78 is 10.8. The van der Waals surface area contributed by atoms with Crippen molar-refractivity contribution in [1.82, 2.24) is 5.32 Å². The van der Waals surface area contributed by atoms with Crippen LogP contribution in [0, 0.1) is 0 Å². The number of hydrogen-bond acceptors (Lipinski definition) is 5. The normalized spacial score (nSPS) is 15.3. The van der Waals surface area contributed by atoms with Crippen molar-refractivity contribution in [2.45, 2.75) is 38.3 Å². The summed E-state index contributed by atoms with van der Waals surface area (Å²) in [5, 5.41) is 22.4. The molecule has 0 radical (unpaired) electrons. The molecule has 0 heterocycles. The maximum atomic E-state index is 10.0. The number of β-amino-alcohol motifs (C(OH)–C–C–N with tert-alkyl or cyclic N) is 1. The van der Waals surface area contributed by atoms with Crippen LogP contribution < -0.4 is 14.8 Å². The van der Waals surface area contributed by atoms with E-state index in [-0.39, 0.29) is 18.8 Å². The first-order valence-corrected chi connectivity index (χ1v) is 7.34. The van der Waals surface area contributed by atoms with Gasteiger partial charge in [-0.05, 0) is 31.9 Å². The van der Waals surface area contributed by atoms with Crippen LogP contribution in [0.2, 0.25) is 0 Å². The fraction of sp³-hybridized carbons (Fsp3) is 0.625. The molecule has 120 valence electrons. The summed E-state index contributed by atoms with van der Waals surface area (Å²) in [5.41, 5.74) is -0.167. The molecule has 0 spiro atoms. The van der Waals surface area contributed by atoms with Gasteiger partial charge >= 0.3 is 0 Å². The molecule has 0 saturated carbocycles. The first kappa shape index (κ1) is 17.8. The van der Waals surface area contributed by atoms with E-state index in [2.05, 4.69) is 12.2 Å². The second-order valence-electron chi connectivity index (χ2n) is 5.38. The van der Waals surface area contributed by atoms with E-state index >= 15 is 0 Å². The summed E-state index contributed by atoms with van der Waals surface area (Å²) in [7, 11) is 1.59. The van der Waals surface area contributed by atoms with Gasteiger partial charge in [0.2, 0.25) is 0 Å². The van der Waals surface area contributed by atoms with Crippen molar-refractivity contribution in [3.05, 3.63) is 24.3 Å². The number of rotatable bonds is 10. The molecule has 1 rings (SSSR count). The number of benzene rings is 1. The van der Waals surface area contributed by atoms with E-state index in [1.807, 2.05) is 25.1 Å². The topological polar surface area (TPSA) is 71.0 Å². The van der Waals surface area contributed by atoms with Crippen LogP contribution in [0.3, 0.4) is 0 Å². The van der Waals surface area contributed by atoms with Gasteiger partial charge in [-0.2, -0.15) is 0 Å². The van der Waals surface area contributed by atoms with Gasteiger partial charge in [-0.25, -0.2) is 0 Å². The largest absolute Gasteiger partial charge is 0.493 e. The summed E-state index contributed by atoms with van der Waals surface area (Å²) in [5.74, 6) is 1.27. The standard InChI is InChI=1S/C16H27NO4/c1-4-16(2,9-10-18)17-11-13(19)12-21-15-8-6-5-7-14(15)20-3/h5-8,13,17-19H,4,9-12H2,1-3H3. The van der Waals surface area contributed by atoms with Gasteiger partial charge < -0.3 is 25.0 Å². The summed E-state index contributed by atoms with van der Waals surface area (Å²) in [6.07, 6.45) is 0.913. The average molecular weight is 297 g/mol. The molecule has 21 heavy (non-hydrogen) atoms. The van der Waals surface area contributed by atoms with Crippen molar-refractivity contribution in [1.29, 1.82) is 0 Å². The van der Waals surface area contributed by atoms with E-state index in [1.54, 1.807) is 13.2 Å². The lowest BCUT2D eigenvalue weighted by molar-refractivity contribution is 0.0921. The molecular formula is C16H27NO4. The van der Waals surface area contributed by atoms with E-state index in [0.717, 1.165) is 6.42 Å². The zero-order valence-electron chi connectivity index (χ0n) is 13.1. The average Bonchev–Trinajstić information content (AvgIpc) is 2.51. The lowest BCUT2D eigenvalue weighted by Gasteiger charge is -2.30. The summed E-state index contributed by atoms with van der Waals surface area (Å²) >= 11 is 0. The quantitative estimate of drug-likeness (QED) is 0.611. The van der Waals surface area contributed by atoms with E-state index < -0.39 is 6.10 Å². The van der Waals surface area contributed by atoms with Crippen molar-refractivity contribution in [3.8, 4) is 11.5 Å². The predicted octanol–water partition coefficient (Wildman–Crippen LogP) is 1.58. The van der Waals surface area contributed by atoms with Crippen LogP contribution in [0.5, 0.6) is 11.5 Å². The second-order valence-corrected chi connectivity index (χ2v) is 5.38. The second kappa shape index (κ2) is 8.87. The molecule has 1 aromatic carbocycles. The number of hydrogen-bond donors (Lipinski definition) is 3. The van der Waals surface area contributed by atoms with E-state index in [1.165, 1.54) is 0 Å². The van der Waals surface area contributed by atoms with Crippen LogP contribution in [-0.2, 0) is 0 Å². The van der Waals surface area contributed by atoms with Crippen LogP contribution in [0.1, 0.15) is 26.7 Å². The molecule has 0 aliphatic rings. The number of methoxy groups -OCH3 is 1. The molecule has 1 aromatic rings. The molecule has 5 nitrogen and oxygen atoms in total. The van der Waals surface area contributed by atoms with Crippen molar-refractivity contribution in [2.75, 3.05) is 26.9 Å². The highest BCUT2D eigenvalue weighted by atomic mass is 16.5. The minimum absolute atomic E-state index is 0.130. The molecule has 0 fully saturated rings. The van der Waals surface area contributed by atoms with Crippen LogP contribution in [-0.4, -0.2) is 48.7 Å². The Bertz CT molecular complexity index is 413. The van der Waals surface area contributed by atoms with Gasteiger partial charge in [0.15, 0.2) is 11.5 Å². The lowest BCUT2D eigenvalue weighted by atomic mass is 9.95. The Morgan fingerprint density at radius 2 is 1.95 bits per heavy atom. The Labute approximate surface area is 126 Å². The number of nitrogens with one attached hydrogen (secondary N) is 1. The van der Waals surface area contributed by atoms with E-state index in [4.69, 9.17) is 14.6 Å². The minimum Gasteiger partial charge on any atom is -0.493 e. The molecule has 0 aliphatic carbocycles. The molecule has 0 amide bonds. The minimum atomic E-state index is -0.625. The molecule has 0 aromatic heterocycles. The van der Waals surface area contributed by atoms with Crippen molar-refractivity contribution in [2.24, 2.45) is 0 Å². The third kappa shape index (κ3) is 5.91. The zero-order valence-corrected chi connectivity index (χ0v) is 13.1. The Morgan fingerprint density at radius 3 is 2.52 bits per heavy atom. The van der Waals surface area contributed by atoms with Crippen LogP contribution >= 0.6 is 0 Å². The van der Waals surface area contributed by atoms with E-state index in [0.29, 0.717) is 24.5 Å². The Kier molecular flexibility index (Phi) is 7.50. The van der Waals surface area contributed by atoms with Crippen LogP contribution in [0.4, 0.5) is 0 Å². The smallest absolute Gasteiger partial charge is 0.161 e. The number of aliphatic hydroxyl groups is 2. The van der Waals surface area contributed by atoms with Crippen LogP contribution in [0.25, 0.3) is 0 Å². The Hall–Kier alpha value is -1.30. The summed E-state index contributed by atoms with van der Waals surface area (Å²) in [6, 6.07) is 7.35. The zero-order chi connectivity index (χ0) is 15.7. The fourth-order valence-corrected chi connectivity index (χ4v) is 1.98. The molecule has 0 bridgehead atoms. The monoisotopic (exact) mass is 297 g/mol. The molecular weight excluding hydrogens is 270 g/mol. The number of ether oxygens (including phenoxy) is 2. The Balaban J connectivity index is 2.42. The Morgan fingerprint density at radius 1 is 1.29 bits per heavy atom. The molecule has 0 saturated heterocycles. The van der Waals surface area contributed by atoms with E-state index in [9.17, 15) is 5.11 Å². The molecule has 5 heteroatoms. The van der Waals surface area contributed by atoms with Gasteiger partial charge in [-0.1, -0.05) is 19.1 Å². The molecule has 2 unspecified atom stereocenters. The highest BCUT2D eigenvalue weighted by Gasteiger charge is 2.21. The maximum Gasteiger partial charge on any atom is 0.161 e. The summed E-state index contributed by atoms with van der Waals surface area (Å²) in [4.78, 5) is 0. The molecule has 3 N–H and O–H groups in total. The number of para-hydroxylation sites is 2. The van der Waals surface area contributed by atoms with Gasteiger partial charge in [-0.15, -0.1) is 0 Å². The third-order valence-corrected chi connectivity index (χ3v) is 3.71. The van der Waals surface area contributed by atoms with Gasteiger partial charge in [0.25, 0.3) is 0 Å². The first-order chi connectivity index (χ1) is 10.0. The first-order valence-electron chi connectivity index (χ1n) is 7.34. The maximum absolute atomic E-state index is 10.0. The highest BCUT2D eigenvalue weighted by molar-refractivity contribution is 5.39. The van der Waals surface area contributed by atoms with Gasteiger partial charge in [-0.3, -0.25) is 0 Å². The molecule has 2 atom stereocenters. The summed E-state index contributed by atoms with van der Waals surface area (Å²) in [6.45, 7) is 4.83. The number of aliphatic hydroxyl groups excluding tert-OH is 2. The SMILES string of the molecule is CCC(C)(CCO)NCC(O)COc1ccccc1OC. The van der Waals surface area contributed by atoms with Gasteiger partial charge in [0, 0.05) is 18.7 Å². The predicted molar refractivity (Wildman–Crippen MR) is 82.9 cm³/mol. The van der Waals surface area contributed by atoms with Crippen LogP contribution in [0.15, 0.2) is 24.3 Å². The van der Waals surface area contributed by atoms with Crippen molar-refractivity contribution < 1.29 is 19.7 Å². The van der Waals surface area contributed by atoms with Crippen molar-refractivity contribution in [3.63, 3.8) is 0 Å². The van der Waals surface area contributed by atoms with Gasteiger partial charge in [0.1, 0.15) is 12.7 Å². The third-order valence-electron chi connectivity index (χ3n) is 3.71.